The van der Waals surface area contributed by atoms with Crippen molar-refractivity contribution in [2.75, 3.05) is 32.6 Å². The van der Waals surface area contributed by atoms with Crippen molar-refractivity contribution >= 4 is 5.69 Å². The maximum Gasteiger partial charge on any atom is 0.165 e. The number of rotatable bonds is 6. The minimum absolute atomic E-state index is 0.546. The summed E-state index contributed by atoms with van der Waals surface area (Å²) in [5.41, 5.74) is 3.76. The normalized spacial score (nSPS) is 15.8. The molecule has 0 amide bonds. The molecular formula is C21H28N2O2. The lowest BCUT2D eigenvalue weighted by Gasteiger charge is -2.33. The van der Waals surface area contributed by atoms with Crippen molar-refractivity contribution in [1.82, 2.24) is 4.90 Å². The van der Waals surface area contributed by atoms with Crippen LogP contribution < -0.4 is 14.8 Å². The first kappa shape index (κ1) is 17.6. The third-order valence-electron chi connectivity index (χ3n) is 4.97. The van der Waals surface area contributed by atoms with E-state index >= 15 is 0 Å². The lowest BCUT2D eigenvalue weighted by atomic mass is 10.0. The Bertz CT molecular complexity index is 694. The van der Waals surface area contributed by atoms with Gasteiger partial charge in [0.05, 0.1) is 14.2 Å². The molecule has 25 heavy (non-hydrogen) atoms. The van der Waals surface area contributed by atoms with Crippen molar-refractivity contribution < 1.29 is 9.47 Å². The van der Waals surface area contributed by atoms with Crippen LogP contribution in [-0.2, 0) is 6.54 Å². The summed E-state index contributed by atoms with van der Waals surface area (Å²) in [6, 6.07) is 15.2. The lowest BCUT2D eigenvalue weighted by molar-refractivity contribution is 0.208. The van der Waals surface area contributed by atoms with Gasteiger partial charge in [-0.1, -0.05) is 30.3 Å². The molecule has 3 rings (SSSR count). The zero-order valence-corrected chi connectivity index (χ0v) is 15.4. The van der Waals surface area contributed by atoms with Crippen LogP contribution in [0.2, 0.25) is 0 Å². The van der Waals surface area contributed by atoms with Crippen LogP contribution in [0.1, 0.15) is 24.0 Å². The number of anilines is 1. The van der Waals surface area contributed by atoms with Gasteiger partial charge in [-0.25, -0.2) is 0 Å². The Kier molecular flexibility index (Phi) is 5.82. The van der Waals surface area contributed by atoms with Crippen molar-refractivity contribution in [1.29, 1.82) is 0 Å². The van der Waals surface area contributed by atoms with Crippen molar-refractivity contribution in [3.05, 3.63) is 53.6 Å². The van der Waals surface area contributed by atoms with Crippen LogP contribution in [0.4, 0.5) is 5.69 Å². The molecule has 0 bridgehead atoms. The van der Waals surface area contributed by atoms with Gasteiger partial charge in [-0.3, -0.25) is 4.90 Å². The minimum Gasteiger partial charge on any atom is -0.493 e. The number of ether oxygens (including phenoxy) is 2. The second kappa shape index (κ2) is 8.26. The highest BCUT2D eigenvalue weighted by Crippen LogP contribution is 2.32. The fraction of sp³-hybridized carbons (Fsp3) is 0.429. The van der Waals surface area contributed by atoms with Crippen molar-refractivity contribution in [2.45, 2.75) is 32.4 Å². The van der Waals surface area contributed by atoms with E-state index < -0.39 is 0 Å². The quantitative estimate of drug-likeness (QED) is 0.859. The number of methoxy groups -OCH3 is 2. The Hall–Kier alpha value is -2.20. The van der Waals surface area contributed by atoms with Gasteiger partial charge in [0.25, 0.3) is 0 Å². The van der Waals surface area contributed by atoms with Crippen molar-refractivity contribution in [2.24, 2.45) is 0 Å². The van der Waals surface area contributed by atoms with E-state index in [1.165, 1.54) is 16.8 Å². The molecule has 1 saturated heterocycles. The molecule has 0 aliphatic carbocycles. The molecular weight excluding hydrogens is 312 g/mol. The summed E-state index contributed by atoms with van der Waals surface area (Å²) in [6.45, 7) is 5.23. The number of piperidine rings is 1. The van der Waals surface area contributed by atoms with Crippen LogP contribution in [0, 0.1) is 6.92 Å². The summed E-state index contributed by atoms with van der Waals surface area (Å²) < 4.78 is 11.0. The lowest BCUT2D eigenvalue weighted by Crippen LogP contribution is -2.38. The Balaban J connectivity index is 1.57. The molecule has 0 saturated carbocycles. The average Bonchev–Trinajstić information content (AvgIpc) is 2.65. The van der Waals surface area contributed by atoms with Crippen LogP contribution in [0.5, 0.6) is 11.5 Å². The smallest absolute Gasteiger partial charge is 0.165 e. The summed E-state index contributed by atoms with van der Waals surface area (Å²) in [6.07, 6.45) is 2.31. The Morgan fingerprint density at radius 1 is 1.00 bits per heavy atom. The largest absolute Gasteiger partial charge is 0.493 e. The van der Waals surface area contributed by atoms with E-state index in [0.717, 1.165) is 44.0 Å². The van der Waals surface area contributed by atoms with Crippen LogP contribution in [0.3, 0.4) is 0 Å². The van der Waals surface area contributed by atoms with Gasteiger partial charge < -0.3 is 14.8 Å². The van der Waals surface area contributed by atoms with Crippen LogP contribution in [0.25, 0.3) is 0 Å². The fourth-order valence-corrected chi connectivity index (χ4v) is 3.51. The molecule has 4 heteroatoms. The number of nitrogens with one attached hydrogen (secondary N) is 1. The molecule has 1 N–H and O–H groups in total. The van der Waals surface area contributed by atoms with Gasteiger partial charge in [-0.05, 0) is 37.5 Å². The molecule has 0 spiro atoms. The molecule has 1 fully saturated rings. The number of benzene rings is 2. The predicted molar refractivity (Wildman–Crippen MR) is 103 cm³/mol. The van der Waals surface area contributed by atoms with Crippen LogP contribution in [0.15, 0.2) is 42.5 Å². The Morgan fingerprint density at radius 2 is 1.76 bits per heavy atom. The van der Waals surface area contributed by atoms with Gasteiger partial charge >= 0.3 is 0 Å². The molecule has 0 aromatic heterocycles. The predicted octanol–water partition coefficient (Wildman–Crippen LogP) is 4.09. The maximum absolute atomic E-state index is 5.56. The van der Waals surface area contributed by atoms with E-state index in [0.29, 0.717) is 6.04 Å². The van der Waals surface area contributed by atoms with Gasteiger partial charge in [-0.15, -0.1) is 0 Å². The number of hydrogen-bond donors (Lipinski definition) is 1. The molecule has 1 heterocycles. The number of para-hydroxylation sites is 2. The number of nitrogens with zero attached hydrogens (tertiary/aromatic N) is 1. The first-order valence-corrected chi connectivity index (χ1v) is 8.95. The zero-order chi connectivity index (χ0) is 17.6. The van der Waals surface area contributed by atoms with Crippen molar-refractivity contribution in [3.8, 4) is 11.5 Å². The van der Waals surface area contributed by atoms with E-state index in [-0.39, 0.29) is 0 Å². The highest BCUT2D eigenvalue weighted by Gasteiger charge is 2.21. The summed E-state index contributed by atoms with van der Waals surface area (Å²) in [5, 5.41) is 3.70. The topological polar surface area (TPSA) is 33.7 Å². The highest BCUT2D eigenvalue weighted by atomic mass is 16.5. The third kappa shape index (κ3) is 4.26. The summed E-state index contributed by atoms with van der Waals surface area (Å²) >= 11 is 0. The van der Waals surface area contributed by atoms with Gasteiger partial charge in [0.2, 0.25) is 0 Å². The fourth-order valence-electron chi connectivity index (χ4n) is 3.51. The zero-order valence-electron chi connectivity index (χ0n) is 15.4. The van der Waals surface area contributed by atoms with Gasteiger partial charge in [0, 0.05) is 36.9 Å². The number of aryl methyl sites for hydroxylation is 1. The van der Waals surface area contributed by atoms with Gasteiger partial charge in [-0.2, -0.15) is 0 Å². The third-order valence-corrected chi connectivity index (χ3v) is 4.97. The van der Waals surface area contributed by atoms with E-state index in [1.54, 1.807) is 14.2 Å². The molecule has 0 atom stereocenters. The summed E-state index contributed by atoms with van der Waals surface area (Å²) in [7, 11) is 3.39. The summed E-state index contributed by atoms with van der Waals surface area (Å²) in [4.78, 5) is 2.49. The van der Waals surface area contributed by atoms with E-state index in [9.17, 15) is 0 Å². The van der Waals surface area contributed by atoms with Crippen LogP contribution in [-0.4, -0.2) is 38.3 Å². The highest BCUT2D eigenvalue weighted by molar-refractivity contribution is 5.51. The first-order chi connectivity index (χ1) is 12.2. The molecule has 1 aliphatic rings. The average molecular weight is 340 g/mol. The summed E-state index contributed by atoms with van der Waals surface area (Å²) in [5.74, 6) is 1.65. The Labute approximate surface area is 150 Å². The SMILES string of the molecule is COc1cccc(CN2CCC(Nc3ccccc3C)CC2)c1OC. The van der Waals surface area contributed by atoms with Gasteiger partial charge in [0.15, 0.2) is 11.5 Å². The standard InChI is InChI=1S/C21H28N2O2/c1-16-7-4-5-9-19(16)22-18-11-13-23(14-12-18)15-17-8-6-10-20(24-2)21(17)25-3/h4-10,18,22H,11-15H2,1-3H3. The van der Waals surface area contributed by atoms with Crippen LogP contribution >= 0.6 is 0 Å². The molecule has 2 aromatic carbocycles. The van der Waals surface area contributed by atoms with E-state index in [4.69, 9.17) is 9.47 Å². The second-order valence-electron chi connectivity index (χ2n) is 6.66. The molecule has 0 radical (unpaired) electrons. The monoisotopic (exact) mass is 340 g/mol. The second-order valence-corrected chi connectivity index (χ2v) is 6.66. The van der Waals surface area contributed by atoms with Gasteiger partial charge in [0.1, 0.15) is 0 Å². The molecule has 2 aromatic rings. The number of hydrogen-bond acceptors (Lipinski definition) is 4. The maximum atomic E-state index is 5.56. The molecule has 134 valence electrons. The first-order valence-electron chi connectivity index (χ1n) is 8.95. The number of likely N-dealkylation sites (tertiary alicyclic amines) is 1. The van der Waals surface area contributed by atoms with E-state index in [1.807, 2.05) is 12.1 Å². The minimum atomic E-state index is 0.546. The van der Waals surface area contributed by atoms with E-state index in [2.05, 4.69) is 47.5 Å². The molecule has 1 aliphatic heterocycles. The molecule has 0 unspecified atom stereocenters. The Morgan fingerprint density at radius 3 is 2.44 bits per heavy atom. The van der Waals surface area contributed by atoms with Crippen molar-refractivity contribution in [3.63, 3.8) is 0 Å². The molecule has 4 nitrogen and oxygen atoms in total.